The number of nitrogen functional groups attached to an aromatic ring is 1. The van der Waals surface area contributed by atoms with Gasteiger partial charge in [-0.25, -0.2) is 4.39 Å². The predicted octanol–water partition coefficient (Wildman–Crippen LogP) is 1.68. The summed E-state index contributed by atoms with van der Waals surface area (Å²) < 4.78 is 13.4. The van der Waals surface area contributed by atoms with Crippen molar-refractivity contribution in [2.45, 2.75) is 19.8 Å². The average Bonchev–Trinajstić information content (AvgIpc) is 2.42. The summed E-state index contributed by atoms with van der Waals surface area (Å²) in [6, 6.07) is 3.15. The first-order valence-electron chi connectivity index (χ1n) is 6.55. The first kappa shape index (κ1) is 13.6. The zero-order chi connectivity index (χ0) is 14.0. The van der Waals surface area contributed by atoms with Crippen LogP contribution in [0.25, 0.3) is 0 Å². The number of piperidine rings is 1. The summed E-state index contributed by atoms with van der Waals surface area (Å²) in [6.07, 6.45) is 1.60. The standard InChI is InChI=1S/C14H20FN3O/c1-9-7-13(12(16)8-11(9)15)18-5-3-10(4-6-18)14(19)17-2/h7-8,10H,3-6,16H2,1-2H3,(H,17,19). The predicted molar refractivity (Wildman–Crippen MR) is 74.6 cm³/mol. The van der Waals surface area contributed by atoms with Gasteiger partial charge in [-0.2, -0.15) is 0 Å². The molecule has 0 aliphatic carbocycles. The van der Waals surface area contributed by atoms with Gasteiger partial charge in [0.25, 0.3) is 0 Å². The molecule has 1 aliphatic rings. The fourth-order valence-electron chi connectivity index (χ4n) is 2.54. The Morgan fingerprint density at radius 3 is 2.63 bits per heavy atom. The quantitative estimate of drug-likeness (QED) is 0.800. The van der Waals surface area contributed by atoms with E-state index in [9.17, 15) is 9.18 Å². The van der Waals surface area contributed by atoms with Gasteiger partial charge in [-0.05, 0) is 37.5 Å². The molecule has 1 saturated heterocycles. The molecule has 1 aromatic rings. The second-order valence-electron chi connectivity index (χ2n) is 5.04. The number of benzene rings is 1. The summed E-state index contributed by atoms with van der Waals surface area (Å²) in [7, 11) is 1.66. The maximum atomic E-state index is 13.4. The lowest BCUT2D eigenvalue weighted by Crippen LogP contribution is -2.39. The minimum Gasteiger partial charge on any atom is -0.397 e. The maximum Gasteiger partial charge on any atom is 0.222 e. The van der Waals surface area contributed by atoms with Crippen molar-refractivity contribution in [3.8, 4) is 0 Å². The highest BCUT2D eigenvalue weighted by molar-refractivity contribution is 5.79. The van der Waals surface area contributed by atoms with Crippen molar-refractivity contribution in [3.63, 3.8) is 0 Å². The van der Waals surface area contributed by atoms with Crippen LogP contribution >= 0.6 is 0 Å². The van der Waals surface area contributed by atoms with E-state index in [0.717, 1.165) is 31.6 Å². The average molecular weight is 265 g/mol. The zero-order valence-corrected chi connectivity index (χ0v) is 11.4. The van der Waals surface area contributed by atoms with Gasteiger partial charge in [-0.1, -0.05) is 0 Å². The van der Waals surface area contributed by atoms with E-state index in [1.165, 1.54) is 6.07 Å². The van der Waals surface area contributed by atoms with Gasteiger partial charge in [0.2, 0.25) is 5.91 Å². The van der Waals surface area contributed by atoms with Crippen LogP contribution in [-0.4, -0.2) is 26.0 Å². The van der Waals surface area contributed by atoms with Gasteiger partial charge in [-0.15, -0.1) is 0 Å². The lowest BCUT2D eigenvalue weighted by atomic mass is 9.95. The van der Waals surface area contributed by atoms with E-state index >= 15 is 0 Å². The fraction of sp³-hybridized carbons (Fsp3) is 0.500. The van der Waals surface area contributed by atoms with Gasteiger partial charge in [0, 0.05) is 26.1 Å². The van der Waals surface area contributed by atoms with Crippen LogP contribution in [0.3, 0.4) is 0 Å². The molecule has 0 bridgehead atoms. The first-order valence-corrected chi connectivity index (χ1v) is 6.55. The van der Waals surface area contributed by atoms with Crippen molar-refractivity contribution >= 4 is 17.3 Å². The van der Waals surface area contributed by atoms with E-state index in [4.69, 9.17) is 5.73 Å². The van der Waals surface area contributed by atoms with E-state index in [2.05, 4.69) is 10.2 Å². The van der Waals surface area contributed by atoms with Crippen molar-refractivity contribution in [2.24, 2.45) is 5.92 Å². The smallest absolute Gasteiger partial charge is 0.222 e. The monoisotopic (exact) mass is 265 g/mol. The molecule has 1 aliphatic heterocycles. The molecule has 1 fully saturated rings. The summed E-state index contributed by atoms with van der Waals surface area (Å²) in [5, 5.41) is 2.69. The molecule has 5 heteroatoms. The number of carbonyl (C=O) groups is 1. The summed E-state index contributed by atoms with van der Waals surface area (Å²) in [4.78, 5) is 13.7. The van der Waals surface area contributed by atoms with Gasteiger partial charge >= 0.3 is 0 Å². The van der Waals surface area contributed by atoms with Crippen molar-refractivity contribution in [1.29, 1.82) is 0 Å². The molecule has 0 radical (unpaired) electrons. The van der Waals surface area contributed by atoms with Crippen LogP contribution in [0.5, 0.6) is 0 Å². The van der Waals surface area contributed by atoms with Crippen LogP contribution in [0, 0.1) is 18.7 Å². The normalized spacial score (nSPS) is 16.5. The number of aryl methyl sites for hydroxylation is 1. The van der Waals surface area contributed by atoms with Crippen LogP contribution in [0.4, 0.5) is 15.8 Å². The third kappa shape index (κ3) is 2.80. The van der Waals surface area contributed by atoms with Crippen molar-refractivity contribution < 1.29 is 9.18 Å². The minimum atomic E-state index is -0.276. The van der Waals surface area contributed by atoms with Gasteiger partial charge in [0.15, 0.2) is 0 Å². The number of anilines is 2. The molecule has 19 heavy (non-hydrogen) atoms. The van der Waals surface area contributed by atoms with Crippen LogP contribution in [-0.2, 0) is 4.79 Å². The molecule has 1 aromatic carbocycles. The third-order valence-electron chi connectivity index (χ3n) is 3.76. The Balaban J connectivity index is 2.10. The first-order chi connectivity index (χ1) is 9.02. The summed E-state index contributed by atoms with van der Waals surface area (Å²) in [5.41, 5.74) is 7.81. The highest BCUT2D eigenvalue weighted by atomic mass is 19.1. The molecule has 0 saturated carbocycles. The molecule has 1 heterocycles. The Kier molecular flexibility index (Phi) is 3.93. The lowest BCUT2D eigenvalue weighted by Gasteiger charge is -2.33. The summed E-state index contributed by atoms with van der Waals surface area (Å²) >= 11 is 0. The number of nitrogens with zero attached hydrogens (tertiary/aromatic N) is 1. The Morgan fingerprint density at radius 2 is 2.05 bits per heavy atom. The number of carbonyl (C=O) groups excluding carboxylic acids is 1. The number of rotatable bonds is 2. The minimum absolute atomic E-state index is 0.0732. The van der Waals surface area contributed by atoms with Crippen LogP contribution in [0.1, 0.15) is 18.4 Å². The highest BCUT2D eigenvalue weighted by Gasteiger charge is 2.25. The number of amides is 1. The number of hydrogen-bond acceptors (Lipinski definition) is 3. The third-order valence-corrected chi connectivity index (χ3v) is 3.76. The van der Waals surface area contributed by atoms with Crippen molar-refractivity contribution in [3.05, 3.63) is 23.5 Å². The molecular weight excluding hydrogens is 245 g/mol. The van der Waals surface area contributed by atoms with Gasteiger partial charge in [0.05, 0.1) is 11.4 Å². The zero-order valence-electron chi connectivity index (χ0n) is 11.4. The summed E-state index contributed by atoms with van der Waals surface area (Å²) in [6.45, 7) is 3.27. The van der Waals surface area contributed by atoms with Crippen molar-refractivity contribution in [1.82, 2.24) is 5.32 Å². The molecule has 0 unspecified atom stereocenters. The molecule has 4 nitrogen and oxygen atoms in total. The van der Waals surface area contributed by atoms with E-state index in [-0.39, 0.29) is 17.6 Å². The Hall–Kier alpha value is -1.78. The van der Waals surface area contributed by atoms with Crippen molar-refractivity contribution in [2.75, 3.05) is 30.8 Å². The molecule has 2 rings (SSSR count). The second kappa shape index (κ2) is 5.47. The molecule has 0 spiro atoms. The molecule has 0 aromatic heterocycles. The topological polar surface area (TPSA) is 58.4 Å². The van der Waals surface area contributed by atoms with E-state index < -0.39 is 0 Å². The van der Waals surface area contributed by atoms with Crippen LogP contribution < -0.4 is 16.0 Å². The number of nitrogens with two attached hydrogens (primary N) is 1. The highest BCUT2D eigenvalue weighted by Crippen LogP contribution is 2.30. The Labute approximate surface area is 112 Å². The number of nitrogens with one attached hydrogen (secondary N) is 1. The largest absolute Gasteiger partial charge is 0.397 e. The van der Waals surface area contributed by atoms with Crippen LogP contribution in [0.15, 0.2) is 12.1 Å². The molecule has 0 atom stereocenters. The second-order valence-corrected chi connectivity index (χ2v) is 5.04. The molecule has 104 valence electrons. The van der Waals surface area contributed by atoms with Gasteiger partial charge < -0.3 is 16.0 Å². The van der Waals surface area contributed by atoms with Gasteiger partial charge in [0.1, 0.15) is 5.82 Å². The maximum absolute atomic E-state index is 13.4. The Bertz CT molecular complexity index is 482. The lowest BCUT2D eigenvalue weighted by molar-refractivity contribution is -0.125. The molecular formula is C14H20FN3O. The number of hydrogen-bond donors (Lipinski definition) is 2. The fourth-order valence-corrected chi connectivity index (χ4v) is 2.54. The van der Waals surface area contributed by atoms with E-state index in [0.29, 0.717) is 11.3 Å². The summed E-state index contributed by atoms with van der Waals surface area (Å²) in [5.74, 6) is -0.103. The number of halogens is 1. The van der Waals surface area contributed by atoms with E-state index in [1.54, 1.807) is 20.0 Å². The molecule has 1 amide bonds. The van der Waals surface area contributed by atoms with E-state index in [1.807, 2.05) is 0 Å². The van der Waals surface area contributed by atoms with Gasteiger partial charge in [-0.3, -0.25) is 4.79 Å². The molecule has 3 N–H and O–H groups in total. The Morgan fingerprint density at radius 1 is 1.42 bits per heavy atom. The SMILES string of the molecule is CNC(=O)C1CCN(c2cc(C)c(F)cc2N)CC1. The van der Waals surface area contributed by atoms with Crippen LogP contribution in [0.2, 0.25) is 0 Å².